The van der Waals surface area contributed by atoms with Crippen molar-refractivity contribution in [2.75, 3.05) is 13.1 Å². The quantitative estimate of drug-likeness (QED) is 0.752. The molecule has 1 aromatic rings. The molecular formula is C12H16N2O. The zero-order valence-electron chi connectivity index (χ0n) is 8.69. The Hall–Kier alpha value is -1.06. The number of nitrogens with one attached hydrogen (secondary N) is 1. The molecule has 2 atom stereocenters. The van der Waals surface area contributed by atoms with Crippen molar-refractivity contribution in [1.29, 1.82) is 0 Å². The Bertz CT molecular complexity index is 350. The molecule has 3 fully saturated rings. The van der Waals surface area contributed by atoms with Gasteiger partial charge in [-0.25, -0.2) is 0 Å². The van der Waals surface area contributed by atoms with Crippen LogP contribution in [0.1, 0.15) is 12.0 Å². The lowest BCUT2D eigenvalue weighted by molar-refractivity contribution is 0.0725. The molecule has 0 aliphatic carbocycles. The Balaban J connectivity index is 1.65. The van der Waals surface area contributed by atoms with E-state index in [9.17, 15) is 5.11 Å². The van der Waals surface area contributed by atoms with Crippen LogP contribution in [0.15, 0.2) is 24.3 Å². The minimum atomic E-state index is 0.368. The number of hydrogen-bond donors (Lipinski definition) is 2. The SMILES string of the molecule is Oc1cccc(CN2CC3CC(C2)N3)c1. The average Bonchev–Trinajstić information content (AvgIpc) is 2.16. The topological polar surface area (TPSA) is 35.5 Å². The minimum absolute atomic E-state index is 0.368. The van der Waals surface area contributed by atoms with E-state index >= 15 is 0 Å². The smallest absolute Gasteiger partial charge is 0.115 e. The minimum Gasteiger partial charge on any atom is -0.508 e. The molecule has 3 nitrogen and oxygen atoms in total. The molecule has 1 aromatic carbocycles. The number of rotatable bonds is 2. The van der Waals surface area contributed by atoms with Crippen LogP contribution in [0.25, 0.3) is 0 Å². The number of piperazine rings is 1. The van der Waals surface area contributed by atoms with E-state index in [1.165, 1.54) is 12.0 Å². The molecular weight excluding hydrogens is 188 g/mol. The number of piperidine rings is 1. The lowest BCUT2D eigenvalue weighted by atomic mass is 9.91. The van der Waals surface area contributed by atoms with Crippen molar-refractivity contribution < 1.29 is 5.11 Å². The first kappa shape index (κ1) is 9.19. The first-order chi connectivity index (χ1) is 7.29. The standard InChI is InChI=1S/C12H16N2O/c15-12-3-1-2-9(4-12)6-14-7-10-5-11(8-14)13-10/h1-4,10-11,13,15H,5-8H2. The first-order valence-corrected chi connectivity index (χ1v) is 5.56. The van der Waals surface area contributed by atoms with Gasteiger partial charge in [0.25, 0.3) is 0 Å². The molecule has 3 saturated heterocycles. The van der Waals surface area contributed by atoms with Crippen molar-refractivity contribution in [2.24, 2.45) is 0 Å². The van der Waals surface area contributed by atoms with Crippen molar-refractivity contribution in [1.82, 2.24) is 10.2 Å². The van der Waals surface area contributed by atoms with Crippen molar-refractivity contribution in [3.05, 3.63) is 29.8 Å². The number of fused-ring (bicyclic) bond motifs is 2. The fourth-order valence-electron chi connectivity index (χ4n) is 2.65. The first-order valence-electron chi connectivity index (χ1n) is 5.56. The summed E-state index contributed by atoms with van der Waals surface area (Å²) in [6.07, 6.45) is 1.34. The highest BCUT2D eigenvalue weighted by Crippen LogP contribution is 2.22. The maximum absolute atomic E-state index is 9.37. The van der Waals surface area contributed by atoms with Gasteiger partial charge in [-0.05, 0) is 24.1 Å². The second-order valence-electron chi connectivity index (χ2n) is 4.66. The van der Waals surface area contributed by atoms with E-state index < -0.39 is 0 Å². The lowest BCUT2D eigenvalue weighted by Crippen LogP contribution is -2.66. The van der Waals surface area contributed by atoms with E-state index in [2.05, 4.69) is 16.3 Å². The fourth-order valence-corrected chi connectivity index (χ4v) is 2.65. The van der Waals surface area contributed by atoms with Crippen molar-refractivity contribution >= 4 is 0 Å². The van der Waals surface area contributed by atoms with E-state index in [1.807, 2.05) is 12.1 Å². The van der Waals surface area contributed by atoms with E-state index in [0.717, 1.165) is 19.6 Å². The highest BCUT2D eigenvalue weighted by molar-refractivity contribution is 5.27. The Kier molecular flexibility index (Phi) is 2.15. The van der Waals surface area contributed by atoms with Crippen molar-refractivity contribution in [2.45, 2.75) is 25.0 Å². The van der Waals surface area contributed by atoms with E-state index in [1.54, 1.807) is 6.07 Å². The van der Waals surface area contributed by atoms with Crippen molar-refractivity contribution in [3.8, 4) is 5.75 Å². The molecule has 4 rings (SSSR count). The second-order valence-corrected chi connectivity index (χ2v) is 4.66. The normalized spacial score (nSPS) is 29.9. The summed E-state index contributed by atoms with van der Waals surface area (Å²) in [6.45, 7) is 3.25. The summed E-state index contributed by atoms with van der Waals surface area (Å²) in [5.41, 5.74) is 1.20. The summed E-state index contributed by atoms with van der Waals surface area (Å²) in [4.78, 5) is 2.46. The van der Waals surface area contributed by atoms with Gasteiger partial charge in [0.2, 0.25) is 0 Å². The van der Waals surface area contributed by atoms with Gasteiger partial charge in [-0.15, -0.1) is 0 Å². The van der Waals surface area contributed by atoms with Crippen LogP contribution in [0.2, 0.25) is 0 Å². The van der Waals surface area contributed by atoms with E-state index in [0.29, 0.717) is 17.8 Å². The Morgan fingerprint density at radius 1 is 1.33 bits per heavy atom. The Labute approximate surface area is 89.7 Å². The van der Waals surface area contributed by atoms with Crippen LogP contribution in [0.5, 0.6) is 5.75 Å². The Morgan fingerprint density at radius 2 is 2.07 bits per heavy atom. The van der Waals surface area contributed by atoms with Crippen LogP contribution >= 0.6 is 0 Å². The third-order valence-electron chi connectivity index (χ3n) is 3.31. The molecule has 0 amide bonds. The van der Waals surface area contributed by atoms with Gasteiger partial charge in [0.1, 0.15) is 5.75 Å². The average molecular weight is 204 g/mol. The molecule has 3 heteroatoms. The molecule has 0 saturated carbocycles. The predicted octanol–water partition coefficient (Wildman–Crippen LogP) is 0.938. The summed E-state index contributed by atoms with van der Waals surface area (Å²) < 4.78 is 0. The predicted molar refractivity (Wildman–Crippen MR) is 58.7 cm³/mol. The summed E-state index contributed by atoms with van der Waals surface area (Å²) in [7, 11) is 0. The number of benzene rings is 1. The number of hydrogen-bond acceptors (Lipinski definition) is 3. The van der Waals surface area contributed by atoms with Gasteiger partial charge in [0, 0.05) is 31.7 Å². The van der Waals surface area contributed by atoms with Crippen LogP contribution in [-0.2, 0) is 6.54 Å². The molecule has 0 aromatic heterocycles. The third kappa shape index (κ3) is 1.85. The molecule has 3 aliphatic heterocycles. The van der Waals surface area contributed by atoms with Crippen LogP contribution in [-0.4, -0.2) is 35.2 Å². The van der Waals surface area contributed by atoms with E-state index in [4.69, 9.17) is 0 Å². The largest absolute Gasteiger partial charge is 0.508 e. The second kappa shape index (κ2) is 3.51. The zero-order valence-corrected chi connectivity index (χ0v) is 8.69. The van der Waals surface area contributed by atoms with E-state index in [-0.39, 0.29) is 0 Å². The summed E-state index contributed by atoms with van der Waals surface area (Å²) in [5.74, 6) is 0.368. The molecule has 3 heterocycles. The maximum Gasteiger partial charge on any atom is 0.115 e. The van der Waals surface area contributed by atoms with Gasteiger partial charge in [-0.1, -0.05) is 12.1 Å². The molecule has 15 heavy (non-hydrogen) atoms. The summed E-state index contributed by atoms with van der Waals surface area (Å²) >= 11 is 0. The summed E-state index contributed by atoms with van der Waals surface area (Å²) in [5, 5.41) is 12.9. The Morgan fingerprint density at radius 3 is 2.73 bits per heavy atom. The lowest BCUT2D eigenvalue weighted by Gasteiger charge is -2.48. The highest BCUT2D eigenvalue weighted by atomic mass is 16.3. The third-order valence-corrected chi connectivity index (χ3v) is 3.31. The van der Waals surface area contributed by atoms with Gasteiger partial charge in [0.15, 0.2) is 0 Å². The van der Waals surface area contributed by atoms with Gasteiger partial charge in [0.05, 0.1) is 0 Å². The molecule has 80 valence electrons. The van der Waals surface area contributed by atoms with Gasteiger partial charge in [-0.2, -0.15) is 0 Å². The van der Waals surface area contributed by atoms with Gasteiger partial charge >= 0.3 is 0 Å². The number of phenolic OH excluding ortho intramolecular Hbond substituents is 1. The van der Waals surface area contributed by atoms with Gasteiger partial charge in [-0.3, -0.25) is 4.90 Å². The highest BCUT2D eigenvalue weighted by Gasteiger charge is 2.35. The van der Waals surface area contributed by atoms with Crippen LogP contribution in [0, 0.1) is 0 Å². The number of phenols is 1. The maximum atomic E-state index is 9.37. The number of aromatic hydroxyl groups is 1. The molecule has 2 unspecified atom stereocenters. The molecule has 2 bridgehead atoms. The zero-order chi connectivity index (χ0) is 10.3. The van der Waals surface area contributed by atoms with Gasteiger partial charge < -0.3 is 10.4 Å². The molecule has 3 aliphatic rings. The fraction of sp³-hybridized carbons (Fsp3) is 0.500. The molecule has 0 radical (unpaired) electrons. The molecule has 0 spiro atoms. The van der Waals surface area contributed by atoms with Crippen LogP contribution < -0.4 is 5.32 Å². The molecule has 2 N–H and O–H groups in total. The summed E-state index contributed by atoms with van der Waals surface area (Å²) in [6, 6.07) is 8.98. The number of nitrogens with zero attached hydrogens (tertiary/aromatic N) is 1. The van der Waals surface area contributed by atoms with Crippen LogP contribution in [0.4, 0.5) is 0 Å². The van der Waals surface area contributed by atoms with Crippen molar-refractivity contribution in [3.63, 3.8) is 0 Å². The van der Waals surface area contributed by atoms with Crippen LogP contribution in [0.3, 0.4) is 0 Å². The monoisotopic (exact) mass is 204 g/mol.